The number of aromatic amines is 2. The van der Waals surface area contributed by atoms with Gasteiger partial charge in [0.15, 0.2) is 0 Å². The quantitative estimate of drug-likeness (QED) is 0.563. The third kappa shape index (κ3) is 3.18. The van der Waals surface area contributed by atoms with Gasteiger partial charge in [-0.2, -0.15) is 5.10 Å². The first-order chi connectivity index (χ1) is 12.7. The van der Waals surface area contributed by atoms with Crippen molar-refractivity contribution in [3.8, 4) is 0 Å². The van der Waals surface area contributed by atoms with Crippen LogP contribution >= 0.6 is 0 Å². The molecule has 0 atom stereocenters. The van der Waals surface area contributed by atoms with Crippen molar-refractivity contribution >= 4 is 27.8 Å². The molecule has 0 radical (unpaired) electrons. The van der Waals surface area contributed by atoms with E-state index in [1.165, 1.54) is 0 Å². The number of nitrogens with one attached hydrogen (secondary N) is 2. The predicted molar refractivity (Wildman–Crippen MR) is 102 cm³/mol. The summed E-state index contributed by atoms with van der Waals surface area (Å²) in [5.74, 6) is 1.00. The molecule has 0 spiro atoms. The fourth-order valence-corrected chi connectivity index (χ4v) is 3.24. The number of imidazole rings is 1. The van der Waals surface area contributed by atoms with Crippen LogP contribution < -0.4 is 0 Å². The van der Waals surface area contributed by atoms with E-state index in [4.69, 9.17) is 0 Å². The van der Waals surface area contributed by atoms with E-state index in [1.807, 2.05) is 60.4 Å². The molecule has 0 fully saturated rings. The van der Waals surface area contributed by atoms with E-state index in [0.29, 0.717) is 25.9 Å². The summed E-state index contributed by atoms with van der Waals surface area (Å²) in [6, 6.07) is 15.8. The summed E-state index contributed by atoms with van der Waals surface area (Å²) in [7, 11) is 0. The number of carbonyl (C=O) groups is 1. The van der Waals surface area contributed by atoms with Crippen LogP contribution in [0.4, 0.5) is 0 Å². The summed E-state index contributed by atoms with van der Waals surface area (Å²) in [5, 5.41) is 8.27. The molecule has 6 heteroatoms. The number of para-hydroxylation sites is 3. The molecule has 2 N–H and O–H groups in total. The smallest absolute Gasteiger partial charge is 0.228 e. The van der Waals surface area contributed by atoms with Gasteiger partial charge < -0.3 is 9.88 Å². The Balaban J connectivity index is 1.43. The van der Waals surface area contributed by atoms with Gasteiger partial charge in [-0.15, -0.1) is 0 Å². The first-order valence-corrected chi connectivity index (χ1v) is 8.88. The van der Waals surface area contributed by atoms with Crippen LogP contribution in [0, 0.1) is 0 Å². The van der Waals surface area contributed by atoms with Crippen molar-refractivity contribution in [2.24, 2.45) is 0 Å². The van der Waals surface area contributed by atoms with E-state index in [-0.39, 0.29) is 5.91 Å². The number of H-pyrrole nitrogens is 2. The van der Waals surface area contributed by atoms with Crippen LogP contribution in [0.25, 0.3) is 21.9 Å². The zero-order chi connectivity index (χ0) is 17.9. The third-order valence-electron chi connectivity index (χ3n) is 4.66. The maximum Gasteiger partial charge on any atom is 0.228 e. The Morgan fingerprint density at radius 2 is 1.85 bits per heavy atom. The number of nitrogens with zero attached hydrogens (tertiary/aromatic N) is 3. The van der Waals surface area contributed by atoms with E-state index in [2.05, 4.69) is 20.2 Å². The average molecular weight is 347 g/mol. The normalized spacial score (nSPS) is 11.3. The minimum Gasteiger partial charge on any atom is -0.342 e. The second-order valence-corrected chi connectivity index (χ2v) is 6.32. The van der Waals surface area contributed by atoms with Crippen LogP contribution in [0.5, 0.6) is 0 Å². The Bertz CT molecular complexity index is 1020. The van der Waals surface area contributed by atoms with Gasteiger partial charge in [-0.3, -0.25) is 9.89 Å². The lowest BCUT2D eigenvalue weighted by molar-refractivity contribution is -0.130. The SMILES string of the molecule is CCN(CCc1nc2ccccc2[nH]1)C(=O)Cc1[nH]nc2ccccc12. The molecule has 1 amide bonds. The van der Waals surface area contributed by atoms with Gasteiger partial charge in [0.2, 0.25) is 5.91 Å². The average Bonchev–Trinajstić information content (AvgIpc) is 3.26. The molecule has 0 aliphatic rings. The second-order valence-electron chi connectivity index (χ2n) is 6.32. The van der Waals surface area contributed by atoms with Crippen LogP contribution in [-0.2, 0) is 17.6 Å². The van der Waals surface area contributed by atoms with E-state index >= 15 is 0 Å². The molecule has 26 heavy (non-hydrogen) atoms. The lowest BCUT2D eigenvalue weighted by atomic mass is 10.1. The second kappa shape index (κ2) is 7.00. The maximum absolute atomic E-state index is 12.7. The molecular weight excluding hydrogens is 326 g/mol. The summed E-state index contributed by atoms with van der Waals surface area (Å²) in [4.78, 5) is 22.5. The Kier molecular flexibility index (Phi) is 4.39. The monoisotopic (exact) mass is 347 g/mol. The molecule has 0 bridgehead atoms. The fraction of sp³-hybridized carbons (Fsp3) is 0.250. The molecule has 2 aromatic carbocycles. The van der Waals surface area contributed by atoms with E-state index in [1.54, 1.807) is 0 Å². The van der Waals surface area contributed by atoms with E-state index in [0.717, 1.165) is 33.5 Å². The molecule has 132 valence electrons. The van der Waals surface area contributed by atoms with Crippen LogP contribution in [-0.4, -0.2) is 44.1 Å². The Hall–Kier alpha value is -3.15. The molecule has 0 saturated heterocycles. The number of aromatic nitrogens is 4. The molecule has 0 unspecified atom stereocenters. The molecular formula is C20H21N5O. The highest BCUT2D eigenvalue weighted by Gasteiger charge is 2.16. The molecule has 4 aromatic rings. The first kappa shape index (κ1) is 16.3. The molecule has 0 aliphatic heterocycles. The predicted octanol–water partition coefficient (Wildman–Crippen LogP) is 3.07. The van der Waals surface area contributed by atoms with Gasteiger partial charge in [0.1, 0.15) is 5.82 Å². The highest BCUT2D eigenvalue weighted by atomic mass is 16.2. The Labute approximate surface area is 151 Å². The van der Waals surface area contributed by atoms with Gasteiger partial charge in [0.25, 0.3) is 0 Å². The number of amides is 1. The summed E-state index contributed by atoms with van der Waals surface area (Å²) in [6.45, 7) is 3.31. The number of hydrogen-bond acceptors (Lipinski definition) is 3. The van der Waals surface area contributed by atoms with Crippen LogP contribution in [0.15, 0.2) is 48.5 Å². The molecule has 0 saturated carbocycles. The molecule has 4 rings (SSSR count). The van der Waals surface area contributed by atoms with E-state index < -0.39 is 0 Å². The van der Waals surface area contributed by atoms with Crippen molar-refractivity contribution in [1.82, 2.24) is 25.1 Å². The van der Waals surface area contributed by atoms with Crippen LogP contribution in [0.1, 0.15) is 18.4 Å². The topological polar surface area (TPSA) is 77.7 Å². The minimum absolute atomic E-state index is 0.0954. The minimum atomic E-state index is 0.0954. The van der Waals surface area contributed by atoms with Crippen LogP contribution in [0.3, 0.4) is 0 Å². The lowest BCUT2D eigenvalue weighted by Crippen LogP contribution is -2.34. The van der Waals surface area contributed by atoms with Gasteiger partial charge >= 0.3 is 0 Å². The zero-order valence-corrected chi connectivity index (χ0v) is 14.7. The van der Waals surface area contributed by atoms with Gasteiger partial charge in [-0.25, -0.2) is 4.98 Å². The third-order valence-corrected chi connectivity index (χ3v) is 4.66. The van der Waals surface area contributed by atoms with Crippen LogP contribution in [0.2, 0.25) is 0 Å². The number of likely N-dealkylation sites (N-methyl/N-ethyl adjacent to an activating group) is 1. The number of hydrogen-bond donors (Lipinski definition) is 2. The molecule has 6 nitrogen and oxygen atoms in total. The largest absolute Gasteiger partial charge is 0.342 e. The number of fused-ring (bicyclic) bond motifs is 2. The number of rotatable bonds is 6. The Morgan fingerprint density at radius 1 is 1.08 bits per heavy atom. The molecule has 0 aliphatic carbocycles. The van der Waals surface area contributed by atoms with Crippen molar-refractivity contribution in [1.29, 1.82) is 0 Å². The van der Waals surface area contributed by atoms with E-state index in [9.17, 15) is 4.79 Å². The fourth-order valence-electron chi connectivity index (χ4n) is 3.24. The van der Waals surface area contributed by atoms with Crippen molar-refractivity contribution in [2.45, 2.75) is 19.8 Å². The van der Waals surface area contributed by atoms with Crippen molar-refractivity contribution < 1.29 is 4.79 Å². The Morgan fingerprint density at radius 3 is 2.65 bits per heavy atom. The van der Waals surface area contributed by atoms with Crippen molar-refractivity contribution in [3.05, 3.63) is 60.0 Å². The van der Waals surface area contributed by atoms with Gasteiger partial charge in [0.05, 0.1) is 28.7 Å². The maximum atomic E-state index is 12.7. The molecule has 2 aromatic heterocycles. The summed E-state index contributed by atoms with van der Waals surface area (Å²) < 4.78 is 0. The van der Waals surface area contributed by atoms with Crippen molar-refractivity contribution in [2.75, 3.05) is 13.1 Å². The number of carbonyl (C=O) groups excluding carboxylic acids is 1. The number of benzene rings is 2. The highest BCUT2D eigenvalue weighted by Crippen LogP contribution is 2.16. The van der Waals surface area contributed by atoms with Crippen molar-refractivity contribution in [3.63, 3.8) is 0 Å². The summed E-state index contributed by atoms with van der Waals surface area (Å²) in [6.07, 6.45) is 1.03. The standard InChI is InChI=1S/C20H21N5O/c1-2-25(12-11-19-21-16-9-5-6-10-17(16)22-19)20(26)13-18-14-7-3-4-8-15(14)23-24-18/h3-10H,2,11-13H2,1H3,(H,21,22)(H,23,24). The summed E-state index contributed by atoms with van der Waals surface area (Å²) in [5.41, 5.74) is 3.75. The molecule has 2 heterocycles. The summed E-state index contributed by atoms with van der Waals surface area (Å²) >= 11 is 0. The van der Waals surface area contributed by atoms with Gasteiger partial charge in [-0.1, -0.05) is 30.3 Å². The lowest BCUT2D eigenvalue weighted by Gasteiger charge is -2.20. The highest BCUT2D eigenvalue weighted by molar-refractivity contribution is 5.87. The zero-order valence-electron chi connectivity index (χ0n) is 14.7. The van der Waals surface area contributed by atoms with Gasteiger partial charge in [0, 0.05) is 24.9 Å². The van der Waals surface area contributed by atoms with Gasteiger partial charge in [-0.05, 0) is 25.1 Å². The first-order valence-electron chi connectivity index (χ1n) is 8.88.